The van der Waals surface area contributed by atoms with Gasteiger partial charge in [-0.15, -0.1) is 0 Å². The second kappa shape index (κ2) is 42.6. The molecule has 0 N–H and O–H groups in total. The fourth-order valence-electron chi connectivity index (χ4n) is 6.43. The molecule has 0 aromatic carbocycles. The van der Waals surface area contributed by atoms with E-state index in [0.717, 1.165) is 70.6 Å². The van der Waals surface area contributed by atoms with Crippen molar-refractivity contribution in [2.24, 2.45) is 0 Å². The number of esters is 3. The van der Waals surface area contributed by atoms with Gasteiger partial charge in [-0.1, -0.05) is 173 Å². The predicted octanol–water partition coefficient (Wildman–Crippen LogP) is 14.4. The maximum atomic E-state index is 12.7. The van der Waals surface area contributed by atoms with Gasteiger partial charge in [0, 0.05) is 19.3 Å². The van der Waals surface area contributed by atoms with Gasteiger partial charge in [0.05, 0.1) is 0 Å². The van der Waals surface area contributed by atoms with Crippen LogP contribution in [-0.4, -0.2) is 37.2 Å². The molecule has 0 aliphatic carbocycles. The van der Waals surface area contributed by atoms with E-state index < -0.39 is 6.10 Å². The summed E-state index contributed by atoms with van der Waals surface area (Å²) in [5, 5.41) is 0. The fraction of sp³-hybridized carbons (Fsp3) is 0.851. The smallest absolute Gasteiger partial charge is 0.306 e. The highest BCUT2D eigenvalue weighted by Gasteiger charge is 2.19. The van der Waals surface area contributed by atoms with Crippen LogP contribution in [0.15, 0.2) is 24.3 Å². The highest BCUT2D eigenvalue weighted by molar-refractivity contribution is 5.71. The first kappa shape index (κ1) is 50.9. The third kappa shape index (κ3) is 40.9. The molecule has 0 spiro atoms. The maximum absolute atomic E-state index is 12.7. The lowest BCUT2D eigenvalue weighted by atomic mass is 10.1. The molecule has 0 aromatic heterocycles. The Morgan fingerprint density at radius 2 is 0.623 bits per heavy atom. The first-order valence-corrected chi connectivity index (χ1v) is 22.8. The molecule has 0 saturated carbocycles. The van der Waals surface area contributed by atoms with Crippen LogP contribution < -0.4 is 0 Å². The van der Waals surface area contributed by atoms with Crippen LogP contribution in [0.4, 0.5) is 0 Å². The standard InChI is InChI=1S/C47H86O6/c1-4-7-10-13-16-18-20-22-24-26-28-31-34-37-40-46(49)52-43-44(42-51-45(48)39-36-33-30-15-12-9-6-3)53-47(50)41-38-35-32-29-27-25-23-21-19-17-14-11-8-5-2/h20-23,44H,4-19,24-43H2,1-3H3/b22-20-,23-21-. The average Bonchev–Trinajstić information content (AvgIpc) is 3.15. The van der Waals surface area contributed by atoms with Crippen molar-refractivity contribution in [3.8, 4) is 0 Å². The number of ether oxygens (including phenoxy) is 3. The quantitative estimate of drug-likeness (QED) is 0.0268. The Hall–Kier alpha value is -2.11. The van der Waals surface area contributed by atoms with E-state index in [9.17, 15) is 14.4 Å². The zero-order valence-corrected chi connectivity index (χ0v) is 35.3. The molecule has 0 aromatic rings. The van der Waals surface area contributed by atoms with Crippen LogP contribution in [0.2, 0.25) is 0 Å². The second-order valence-electron chi connectivity index (χ2n) is 15.3. The highest BCUT2D eigenvalue weighted by atomic mass is 16.6. The van der Waals surface area contributed by atoms with E-state index in [0.29, 0.717) is 19.3 Å². The van der Waals surface area contributed by atoms with Crippen molar-refractivity contribution in [3.05, 3.63) is 24.3 Å². The lowest BCUT2D eigenvalue weighted by Gasteiger charge is -2.18. The van der Waals surface area contributed by atoms with Crippen LogP contribution in [0.1, 0.15) is 239 Å². The van der Waals surface area contributed by atoms with Gasteiger partial charge in [-0.3, -0.25) is 14.4 Å². The van der Waals surface area contributed by atoms with Crippen LogP contribution in [-0.2, 0) is 28.6 Å². The van der Waals surface area contributed by atoms with E-state index in [1.54, 1.807) is 0 Å². The molecular formula is C47H86O6. The van der Waals surface area contributed by atoms with Gasteiger partial charge in [0.15, 0.2) is 6.10 Å². The van der Waals surface area contributed by atoms with Crippen LogP contribution in [0, 0.1) is 0 Å². The number of carbonyl (C=O) groups is 3. The molecule has 0 fully saturated rings. The predicted molar refractivity (Wildman–Crippen MR) is 224 cm³/mol. The van der Waals surface area contributed by atoms with Gasteiger partial charge in [0.1, 0.15) is 13.2 Å². The first-order chi connectivity index (χ1) is 26.0. The van der Waals surface area contributed by atoms with Crippen molar-refractivity contribution in [1.29, 1.82) is 0 Å². The van der Waals surface area contributed by atoms with Crippen molar-refractivity contribution in [3.63, 3.8) is 0 Å². The minimum absolute atomic E-state index is 0.0755. The van der Waals surface area contributed by atoms with Crippen LogP contribution in [0.5, 0.6) is 0 Å². The van der Waals surface area contributed by atoms with Gasteiger partial charge in [0.25, 0.3) is 0 Å². The third-order valence-corrected chi connectivity index (χ3v) is 9.93. The number of carbonyl (C=O) groups excluding carboxylic acids is 3. The summed E-state index contributed by atoms with van der Waals surface area (Å²) >= 11 is 0. The number of rotatable bonds is 41. The van der Waals surface area contributed by atoms with E-state index in [2.05, 4.69) is 45.1 Å². The minimum atomic E-state index is -0.771. The molecule has 0 amide bonds. The molecule has 0 radical (unpaired) electrons. The Bertz CT molecular complexity index is 865. The highest BCUT2D eigenvalue weighted by Crippen LogP contribution is 2.14. The molecule has 0 saturated heterocycles. The van der Waals surface area contributed by atoms with Crippen LogP contribution in [0.3, 0.4) is 0 Å². The Balaban J connectivity index is 4.32. The molecule has 1 unspecified atom stereocenters. The monoisotopic (exact) mass is 747 g/mol. The first-order valence-electron chi connectivity index (χ1n) is 22.8. The Labute approximate surface area is 328 Å². The van der Waals surface area contributed by atoms with Gasteiger partial charge in [0.2, 0.25) is 0 Å². The van der Waals surface area contributed by atoms with Gasteiger partial charge in [-0.25, -0.2) is 0 Å². The van der Waals surface area contributed by atoms with Crippen molar-refractivity contribution < 1.29 is 28.6 Å². The Kier molecular flexibility index (Phi) is 40.9. The second-order valence-corrected chi connectivity index (χ2v) is 15.3. The summed E-state index contributed by atoms with van der Waals surface area (Å²) in [6.45, 7) is 6.56. The molecule has 6 nitrogen and oxygen atoms in total. The molecule has 0 rings (SSSR count). The van der Waals surface area contributed by atoms with E-state index in [1.165, 1.54) is 128 Å². The van der Waals surface area contributed by atoms with Crippen molar-refractivity contribution >= 4 is 17.9 Å². The van der Waals surface area contributed by atoms with E-state index >= 15 is 0 Å². The molecule has 0 aliphatic rings. The Morgan fingerprint density at radius 3 is 0.943 bits per heavy atom. The molecule has 6 heteroatoms. The molecule has 310 valence electrons. The van der Waals surface area contributed by atoms with E-state index in [-0.39, 0.29) is 31.1 Å². The summed E-state index contributed by atoms with van der Waals surface area (Å²) < 4.78 is 16.6. The third-order valence-electron chi connectivity index (χ3n) is 9.93. The van der Waals surface area contributed by atoms with Gasteiger partial charge >= 0.3 is 17.9 Å². The number of hydrogen-bond donors (Lipinski definition) is 0. The van der Waals surface area contributed by atoms with E-state index in [4.69, 9.17) is 14.2 Å². The van der Waals surface area contributed by atoms with Crippen LogP contribution in [0.25, 0.3) is 0 Å². The van der Waals surface area contributed by atoms with Gasteiger partial charge < -0.3 is 14.2 Å². The summed E-state index contributed by atoms with van der Waals surface area (Å²) in [5.74, 6) is -0.896. The molecular weight excluding hydrogens is 661 g/mol. The SMILES string of the molecule is CCCCCCC/C=C\CCCCCCCC(=O)OCC(COC(=O)CCCCCCCCC)OC(=O)CCCCCCC/C=C\CCCCCCC. The summed E-state index contributed by atoms with van der Waals surface area (Å²) in [5.41, 5.74) is 0. The van der Waals surface area contributed by atoms with Crippen molar-refractivity contribution in [2.75, 3.05) is 13.2 Å². The number of unbranched alkanes of at least 4 members (excludes halogenated alkanes) is 26. The molecule has 53 heavy (non-hydrogen) atoms. The lowest BCUT2D eigenvalue weighted by Crippen LogP contribution is -2.30. The summed E-state index contributed by atoms with van der Waals surface area (Å²) in [7, 11) is 0. The molecule has 0 bridgehead atoms. The number of hydrogen-bond acceptors (Lipinski definition) is 6. The topological polar surface area (TPSA) is 78.9 Å². The van der Waals surface area contributed by atoms with Crippen molar-refractivity contribution in [1.82, 2.24) is 0 Å². The fourth-order valence-corrected chi connectivity index (χ4v) is 6.43. The van der Waals surface area contributed by atoms with Gasteiger partial charge in [-0.05, 0) is 70.6 Å². The maximum Gasteiger partial charge on any atom is 0.306 e. The number of allylic oxidation sites excluding steroid dienone is 4. The Morgan fingerprint density at radius 1 is 0.358 bits per heavy atom. The summed E-state index contributed by atoms with van der Waals surface area (Å²) in [4.78, 5) is 37.6. The largest absolute Gasteiger partial charge is 0.462 e. The van der Waals surface area contributed by atoms with Crippen LogP contribution >= 0.6 is 0 Å². The van der Waals surface area contributed by atoms with Gasteiger partial charge in [-0.2, -0.15) is 0 Å². The average molecular weight is 747 g/mol. The van der Waals surface area contributed by atoms with E-state index in [1.807, 2.05) is 0 Å². The molecule has 1 atom stereocenters. The summed E-state index contributed by atoms with van der Waals surface area (Å²) in [6, 6.07) is 0. The zero-order valence-electron chi connectivity index (χ0n) is 35.3. The lowest BCUT2D eigenvalue weighted by molar-refractivity contribution is -0.167. The zero-order chi connectivity index (χ0) is 38.7. The normalized spacial score (nSPS) is 12.1. The van der Waals surface area contributed by atoms with Crippen molar-refractivity contribution in [2.45, 2.75) is 245 Å². The molecule has 0 aliphatic heterocycles. The minimum Gasteiger partial charge on any atom is -0.462 e. The summed E-state index contributed by atoms with van der Waals surface area (Å²) in [6.07, 6.45) is 45.9. The molecule has 0 heterocycles.